The standard InChI is InChI=1S/C22H26N4O6S/c1-4-13-16(29-3)17(31-11-12-9-7-6-8-10-12)18(32-13)19-14-15(26-33-19)20(27)24-21(23-14)25-22(28)30-5-2/h6-10,13,16-18H,4-5,11H2,1-3H3,(H2,23,24,25,27,28)/t13-,16-,17-,18-/m1/s1. The molecule has 0 saturated carbocycles. The van der Waals surface area contributed by atoms with E-state index in [2.05, 4.69) is 19.7 Å². The highest BCUT2D eigenvalue weighted by atomic mass is 32.1. The van der Waals surface area contributed by atoms with E-state index in [0.717, 1.165) is 23.5 Å². The van der Waals surface area contributed by atoms with Gasteiger partial charge >= 0.3 is 6.09 Å². The number of benzene rings is 1. The van der Waals surface area contributed by atoms with E-state index in [1.807, 2.05) is 37.3 Å². The van der Waals surface area contributed by atoms with Crippen LogP contribution >= 0.6 is 11.5 Å². The molecule has 0 aliphatic carbocycles. The number of hydrogen-bond donors (Lipinski definition) is 2. The van der Waals surface area contributed by atoms with Crippen molar-refractivity contribution in [3.8, 4) is 0 Å². The number of nitrogens with zero attached hydrogens (tertiary/aromatic N) is 2. The lowest BCUT2D eigenvalue weighted by Gasteiger charge is -2.23. The summed E-state index contributed by atoms with van der Waals surface area (Å²) in [5.41, 5.74) is 1.07. The zero-order valence-electron chi connectivity index (χ0n) is 18.6. The summed E-state index contributed by atoms with van der Waals surface area (Å²) in [5.74, 6) is -0.0255. The average molecular weight is 475 g/mol. The van der Waals surface area contributed by atoms with Crippen LogP contribution in [-0.2, 0) is 25.6 Å². The quantitative estimate of drug-likeness (QED) is 0.509. The van der Waals surface area contributed by atoms with Crippen LogP contribution in [0.5, 0.6) is 0 Å². The van der Waals surface area contributed by atoms with Crippen molar-refractivity contribution in [2.75, 3.05) is 19.0 Å². The molecule has 2 N–H and O–H groups in total. The molecular formula is C22H26N4O6S. The molecule has 1 amide bonds. The number of nitrogens with one attached hydrogen (secondary N) is 2. The largest absolute Gasteiger partial charge is 0.450 e. The van der Waals surface area contributed by atoms with Gasteiger partial charge in [-0.25, -0.2) is 9.78 Å². The topological polar surface area (TPSA) is 125 Å². The van der Waals surface area contributed by atoms with Crippen molar-refractivity contribution in [3.63, 3.8) is 0 Å². The van der Waals surface area contributed by atoms with Gasteiger partial charge in [-0.2, -0.15) is 4.37 Å². The van der Waals surface area contributed by atoms with Gasteiger partial charge in [0.15, 0.2) is 5.52 Å². The number of carbonyl (C=O) groups excluding carboxylic acids is 1. The summed E-state index contributed by atoms with van der Waals surface area (Å²) < 4.78 is 27.5. The molecule has 1 aliphatic heterocycles. The number of carbonyl (C=O) groups is 1. The van der Waals surface area contributed by atoms with E-state index in [-0.39, 0.29) is 30.3 Å². The lowest BCUT2D eigenvalue weighted by Crippen LogP contribution is -2.34. The van der Waals surface area contributed by atoms with Gasteiger partial charge in [-0.1, -0.05) is 37.3 Å². The number of aromatic nitrogens is 3. The van der Waals surface area contributed by atoms with E-state index in [1.54, 1.807) is 14.0 Å². The van der Waals surface area contributed by atoms with Crippen molar-refractivity contribution in [2.45, 2.75) is 51.3 Å². The van der Waals surface area contributed by atoms with E-state index >= 15 is 0 Å². The summed E-state index contributed by atoms with van der Waals surface area (Å²) >= 11 is 1.13. The molecule has 1 saturated heterocycles. The molecule has 2 aromatic heterocycles. The molecule has 176 valence electrons. The predicted molar refractivity (Wildman–Crippen MR) is 122 cm³/mol. The normalized spacial score (nSPS) is 22.5. The maximum Gasteiger partial charge on any atom is 0.413 e. The molecule has 10 nitrogen and oxygen atoms in total. The van der Waals surface area contributed by atoms with Crippen LogP contribution in [0.3, 0.4) is 0 Å². The fourth-order valence-corrected chi connectivity index (χ4v) is 4.75. The van der Waals surface area contributed by atoms with Gasteiger partial charge in [0.1, 0.15) is 23.8 Å². The summed E-state index contributed by atoms with van der Waals surface area (Å²) in [6.07, 6.45) is -1.47. The van der Waals surface area contributed by atoms with Gasteiger partial charge in [-0.05, 0) is 30.4 Å². The summed E-state index contributed by atoms with van der Waals surface area (Å²) in [4.78, 5) is 31.9. The average Bonchev–Trinajstić information content (AvgIpc) is 3.39. The maximum absolute atomic E-state index is 12.6. The van der Waals surface area contributed by atoms with Crippen molar-refractivity contribution in [1.29, 1.82) is 0 Å². The Morgan fingerprint density at radius 2 is 2.00 bits per heavy atom. The number of fused-ring (bicyclic) bond motifs is 1. The zero-order chi connectivity index (χ0) is 23.4. The summed E-state index contributed by atoms with van der Waals surface area (Å²) in [5, 5.41) is 2.43. The molecule has 33 heavy (non-hydrogen) atoms. The highest BCUT2D eigenvalue weighted by Crippen LogP contribution is 2.42. The summed E-state index contributed by atoms with van der Waals surface area (Å²) in [6.45, 7) is 4.27. The van der Waals surface area contributed by atoms with Gasteiger partial charge in [0.25, 0.3) is 5.56 Å². The highest BCUT2D eigenvalue weighted by Gasteiger charge is 2.47. The minimum Gasteiger partial charge on any atom is -0.450 e. The van der Waals surface area contributed by atoms with Crippen molar-refractivity contribution in [2.24, 2.45) is 0 Å². The van der Waals surface area contributed by atoms with Crippen LogP contribution in [0.15, 0.2) is 35.1 Å². The Morgan fingerprint density at radius 3 is 2.70 bits per heavy atom. The SMILES string of the molecule is CCOC(=O)Nc1nc2c([C@@H]3O[C@H](CC)[C@@H](OC)[C@H]3OCc3ccccc3)snc2c(=O)[nH]1. The number of H-pyrrole nitrogens is 1. The molecule has 11 heteroatoms. The van der Waals surface area contributed by atoms with Crippen LogP contribution < -0.4 is 10.9 Å². The molecule has 4 rings (SSSR count). The predicted octanol–water partition coefficient (Wildman–Crippen LogP) is 3.40. The Bertz CT molecular complexity index is 1150. The Balaban J connectivity index is 1.68. The Hall–Kier alpha value is -2.86. The first-order valence-corrected chi connectivity index (χ1v) is 11.5. The van der Waals surface area contributed by atoms with Crippen LogP contribution in [0.4, 0.5) is 10.7 Å². The van der Waals surface area contributed by atoms with Crippen LogP contribution in [0.1, 0.15) is 36.8 Å². The van der Waals surface area contributed by atoms with Gasteiger partial charge in [-0.3, -0.25) is 15.1 Å². The number of anilines is 1. The first kappa shape index (κ1) is 23.3. The lowest BCUT2D eigenvalue weighted by atomic mass is 10.0. The van der Waals surface area contributed by atoms with E-state index in [0.29, 0.717) is 17.0 Å². The van der Waals surface area contributed by atoms with E-state index in [1.165, 1.54) is 0 Å². The van der Waals surface area contributed by atoms with Crippen molar-refractivity contribution in [1.82, 2.24) is 14.3 Å². The first-order valence-electron chi connectivity index (χ1n) is 10.7. The smallest absolute Gasteiger partial charge is 0.413 e. The Kier molecular flexibility index (Phi) is 7.33. The second-order valence-electron chi connectivity index (χ2n) is 7.47. The number of aromatic amines is 1. The highest BCUT2D eigenvalue weighted by molar-refractivity contribution is 7.07. The van der Waals surface area contributed by atoms with Crippen LogP contribution in [-0.4, -0.2) is 52.5 Å². The molecule has 3 heterocycles. The molecule has 1 aromatic carbocycles. The monoisotopic (exact) mass is 474 g/mol. The molecular weight excluding hydrogens is 448 g/mol. The third kappa shape index (κ3) is 4.91. The summed E-state index contributed by atoms with van der Waals surface area (Å²) in [6, 6.07) is 9.83. The second-order valence-corrected chi connectivity index (χ2v) is 8.27. The van der Waals surface area contributed by atoms with E-state index in [9.17, 15) is 9.59 Å². The Morgan fingerprint density at radius 1 is 1.21 bits per heavy atom. The van der Waals surface area contributed by atoms with Crippen molar-refractivity contribution in [3.05, 3.63) is 51.1 Å². The van der Waals surface area contributed by atoms with Crippen molar-refractivity contribution >= 4 is 34.6 Å². The molecule has 0 spiro atoms. The summed E-state index contributed by atoms with van der Waals surface area (Å²) in [7, 11) is 1.63. The third-order valence-corrected chi connectivity index (χ3v) is 6.28. The molecule has 1 aliphatic rings. The van der Waals surface area contributed by atoms with Gasteiger partial charge in [0.2, 0.25) is 5.95 Å². The maximum atomic E-state index is 12.6. The minimum absolute atomic E-state index is 0.0255. The second kappa shape index (κ2) is 10.4. The molecule has 1 fully saturated rings. The molecule has 4 atom stereocenters. The van der Waals surface area contributed by atoms with Crippen LogP contribution in [0.25, 0.3) is 11.0 Å². The number of amides is 1. The van der Waals surface area contributed by atoms with E-state index in [4.69, 9.17) is 18.9 Å². The van der Waals surface area contributed by atoms with Crippen LogP contribution in [0.2, 0.25) is 0 Å². The molecule has 3 aromatic rings. The number of methoxy groups -OCH3 is 1. The third-order valence-electron chi connectivity index (χ3n) is 5.39. The van der Waals surface area contributed by atoms with Crippen molar-refractivity contribution < 1.29 is 23.7 Å². The number of hydrogen-bond acceptors (Lipinski definition) is 9. The zero-order valence-corrected chi connectivity index (χ0v) is 19.4. The molecule has 0 bridgehead atoms. The van der Waals surface area contributed by atoms with Gasteiger partial charge in [0.05, 0.1) is 24.2 Å². The van der Waals surface area contributed by atoms with Crippen LogP contribution in [0, 0.1) is 0 Å². The first-order chi connectivity index (χ1) is 16.0. The minimum atomic E-state index is -0.712. The Labute approximate surface area is 194 Å². The molecule has 0 unspecified atom stereocenters. The number of rotatable bonds is 8. The fourth-order valence-electron chi connectivity index (χ4n) is 3.87. The van der Waals surface area contributed by atoms with Gasteiger partial charge < -0.3 is 18.9 Å². The van der Waals surface area contributed by atoms with Gasteiger partial charge in [0, 0.05) is 7.11 Å². The lowest BCUT2D eigenvalue weighted by molar-refractivity contribution is -0.0584. The fraction of sp³-hybridized carbons (Fsp3) is 0.455. The van der Waals surface area contributed by atoms with E-state index < -0.39 is 23.9 Å². The van der Waals surface area contributed by atoms with Gasteiger partial charge in [-0.15, -0.1) is 0 Å². The number of ether oxygens (including phenoxy) is 4. The molecule has 0 radical (unpaired) electrons.